The van der Waals surface area contributed by atoms with Gasteiger partial charge in [-0.05, 0) is 225 Å². The number of pyridine rings is 6. The normalized spacial score (nSPS) is 14.8. The van der Waals surface area contributed by atoms with Crippen molar-refractivity contribution in [2.45, 2.75) is 170 Å². The number of nitrogens with one attached hydrogen (secondary N) is 5. The van der Waals surface area contributed by atoms with Crippen LogP contribution in [0.3, 0.4) is 0 Å². The van der Waals surface area contributed by atoms with E-state index < -0.39 is 0 Å². The van der Waals surface area contributed by atoms with Gasteiger partial charge in [0.2, 0.25) is 5.88 Å². The maximum Gasteiger partial charge on any atom is 0.260 e. The smallest absolute Gasteiger partial charge is 0.260 e. The van der Waals surface area contributed by atoms with Gasteiger partial charge in [0.15, 0.2) is 46.2 Å². The van der Waals surface area contributed by atoms with Gasteiger partial charge >= 0.3 is 0 Å². The number of dihydropyridines is 3. The molecule has 0 amide bonds. The van der Waals surface area contributed by atoms with Crippen molar-refractivity contribution in [2.75, 3.05) is 37.1 Å². The Morgan fingerprint density at radius 1 is 0.364 bits per heavy atom. The minimum atomic E-state index is -0.111. The van der Waals surface area contributed by atoms with Crippen LogP contribution in [0.5, 0.6) is 35.3 Å². The van der Waals surface area contributed by atoms with Crippen LogP contribution in [0.4, 0.5) is 28.4 Å². The number of nitrogens with zero attached hydrogens (tertiary/aromatic N) is 18. The molecule has 0 aromatic carbocycles. The van der Waals surface area contributed by atoms with E-state index in [2.05, 4.69) is 42.0 Å². The van der Waals surface area contributed by atoms with Gasteiger partial charge in [0.25, 0.3) is 29.4 Å². The third kappa shape index (κ3) is 16.2. The van der Waals surface area contributed by atoms with Crippen LogP contribution in [0.15, 0.2) is 138 Å². The van der Waals surface area contributed by atoms with Gasteiger partial charge in [-0.1, -0.05) is 50.2 Å². The Morgan fingerprint density at radius 2 is 0.669 bits per heavy atom. The van der Waals surface area contributed by atoms with E-state index in [-0.39, 0.29) is 64.1 Å². The van der Waals surface area contributed by atoms with Gasteiger partial charge in [-0.2, -0.15) is 0 Å². The van der Waals surface area contributed by atoms with Crippen LogP contribution in [0.2, 0.25) is 0 Å². The Labute approximate surface area is 683 Å². The molecule has 12 aromatic heterocycles. The van der Waals surface area contributed by atoms with Gasteiger partial charge in [-0.3, -0.25) is 16.2 Å². The first-order valence-electron chi connectivity index (χ1n) is 39.4. The van der Waals surface area contributed by atoms with Crippen molar-refractivity contribution >= 4 is 114 Å². The topological polar surface area (TPSA) is 407 Å². The molecule has 0 saturated carbocycles. The van der Waals surface area contributed by atoms with Gasteiger partial charge in [-0.25, -0.2) is 57.0 Å². The zero-order chi connectivity index (χ0) is 84.6. The number of aromatic nitrogens is 12. The predicted octanol–water partition coefficient (Wildman–Crippen LogP) is 15.0. The molecule has 12 aromatic rings. The van der Waals surface area contributed by atoms with Crippen molar-refractivity contribution < 1.29 is 28.4 Å². The van der Waals surface area contributed by atoms with Crippen molar-refractivity contribution in [3.8, 4) is 35.3 Å². The first-order chi connectivity index (χ1) is 56.4. The SMILES string of the molecule is CCCOc1nn2c(C)c(C)ccc2c1N=C1N=C(Nc2c(OCCC)nn3c(C)c(C)ccc23)C(=N)C=C1N.CCOc1nn2c(C)c(C)ccc2c1CC1=NC(=Nc2c(OCC)nn3c(C)c(C)ccc23)C(N)=CC1=N.Cc1ccc2c(N=C3N=C(Nc4c(OC(C)C)nn5c(C)c(C)ccc45)C(=N)C=C3N)c(OC(C)C)nn2c1C. The summed E-state index contributed by atoms with van der Waals surface area (Å²) in [6, 6.07) is 24.0. The molecule has 0 saturated heterocycles. The second-order valence-electron chi connectivity index (χ2n) is 29.6. The van der Waals surface area contributed by atoms with Gasteiger partial charge in [-0.15, -0.1) is 30.6 Å². The number of rotatable bonds is 21. The van der Waals surface area contributed by atoms with Gasteiger partial charge < -0.3 is 56.3 Å². The Bertz CT molecular complexity index is 6370. The summed E-state index contributed by atoms with van der Waals surface area (Å²) < 4.78 is 46.7. The maximum absolute atomic E-state index is 8.62. The maximum atomic E-state index is 8.62. The summed E-state index contributed by atoms with van der Waals surface area (Å²) in [4.78, 5) is 28.6. The largest absolute Gasteiger partial charge is 0.477 e. The summed E-state index contributed by atoms with van der Waals surface area (Å²) in [5, 5.41) is 60.5. The van der Waals surface area contributed by atoms with E-state index in [4.69, 9.17) is 97.1 Å². The Kier molecular flexibility index (Phi) is 23.6. The lowest BCUT2D eigenvalue weighted by atomic mass is 10.0. The molecule has 0 spiro atoms. The number of fused-ring (bicyclic) bond motifs is 6. The fraction of sp³-hybridized carbons (Fsp3) is 0.337. The number of aryl methyl sites for hydroxylation is 12. The molecule has 0 unspecified atom stereocenters. The minimum Gasteiger partial charge on any atom is -0.477 e. The summed E-state index contributed by atoms with van der Waals surface area (Å²) in [6.07, 6.45) is 6.44. The van der Waals surface area contributed by atoms with E-state index in [9.17, 15) is 0 Å². The molecule has 0 aliphatic carbocycles. The molecule has 612 valence electrons. The highest BCUT2D eigenvalue weighted by atomic mass is 16.5. The minimum absolute atomic E-state index is 0.102. The predicted molar refractivity (Wildman–Crippen MR) is 468 cm³/mol. The monoisotopic (exact) mass is 1590 g/mol. The van der Waals surface area contributed by atoms with E-state index in [0.717, 1.165) is 119 Å². The molecule has 15 rings (SSSR count). The molecule has 15 heterocycles. The third-order valence-electron chi connectivity index (χ3n) is 20.4. The third-order valence-corrected chi connectivity index (χ3v) is 20.4. The number of ether oxygens (including phenoxy) is 6. The van der Waals surface area contributed by atoms with Crippen LogP contribution in [0.1, 0.15) is 141 Å². The lowest BCUT2D eigenvalue weighted by molar-refractivity contribution is 0.232. The van der Waals surface area contributed by atoms with E-state index in [1.807, 2.05) is 232 Å². The van der Waals surface area contributed by atoms with Crippen molar-refractivity contribution in [2.24, 2.45) is 47.2 Å². The first kappa shape index (κ1) is 82.2. The molecule has 0 bridgehead atoms. The summed E-state index contributed by atoms with van der Waals surface area (Å²) in [7, 11) is 0. The van der Waals surface area contributed by atoms with E-state index in [0.29, 0.717) is 114 Å². The molecule has 32 heteroatoms. The molecule has 11 N–H and O–H groups in total. The lowest BCUT2D eigenvalue weighted by Gasteiger charge is -2.16. The number of amidine groups is 5. The van der Waals surface area contributed by atoms with Crippen molar-refractivity contribution in [1.29, 1.82) is 16.2 Å². The number of hydrogen-bond acceptors (Lipinski definition) is 23. The Hall–Kier alpha value is -13.8. The zero-order valence-corrected chi connectivity index (χ0v) is 70.5. The van der Waals surface area contributed by atoms with Crippen LogP contribution in [0.25, 0.3) is 33.1 Å². The highest BCUT2D eigenvalue weighted by Crippen LogP contribution is 2.40. The van der Waals surface area contributed by atoms with Gasteiger partial charge in [0.1, 0.15) is 11.4 Å². The number of hydrogen-bond donors (Lipinski definition) is 8. The molecule has 0 atom stereocenters. The van der Waals surface area contributed by atoms with Gasteiger partial charge in [0, 0.05) is 46.1 Å². The Morgan fingerprint density at radius 3 is 1.08 bits per heavy atom. The van der Waals surface area contributed by atoms with Crippen molar-refractivity contribution in [1.82, 2.24) is 57.7 Å². The number of nitrogens with two attached hydrogens (primary N) is 3. The molecule has 3 aliphatic rings. The fourth-order valence-electron chi connectivity index (χ4n) is 13.2. The van der Waals surface area contributed by atoms with Crippen molar-refractivity contribution in [3.05, 3.63) is 181 Å². The van der Waals surface area contributed by atoms with Crippen LogP contribution in [-0.4, -0.2) is 148 Å². The summed E-state index contributed by atoms with van der Waals surface area (Å²) in [5.74, 6) is 3.95. The summed E-state index contributed by atoms with van der Waals surface area (Å²) in [5.41, 5.74) is 42.0. The first-order valence-corrected chi connectivity index (χ1v) is 39.4. The number of aliphatic imine (C=N–C) groups is 6. The van der Waals surface area contributed by atoms with Crippen LogP contribution in [-0.2, 0) is 6.42 Å². The average Bonchev–Trinajstić information content (AvgIpc) is 1.65. The summed E-state index contributed by atoms with van der Waals surface area (Å²) >= 11 is 0. The standard InChI is InChI=1S/2C29H35N9O2.C28H32N8O2/c1-14(2)39-28-24(22-11-9-16(5)18(7)37(22)35-28)32-26-20(30)13-21(31)27(34-26)33-25-23-12-10-17(6)19(8)38(23)36-29(25)40-15(3)4;1-7-13-39-28-24(22-11-9-16(3)18(5)37(22)35-28)32-26-20(30)15-21(31)27(34-26)33-25-23-12-10-17(4)19(6)38(23)36-29(25)40-14-8-2;1-7-37-27-19(23-11-9-15(3)17(5)35(23)33-27)13-22-20(29)14-21(30)26(31-22)32-25-24-12-10-16(4)18(6)36(24)34-28(25)38-8-2/h9-15,30H,31H2,1-8H3,(H,32,33,34);9-12,15,30H,7-8,13-14,31H2,1-6H3,(H,32,33,34);9-12,14,29H,7-8,13,30H2,1-6H3. The molecule has 118 heavy (non-hydrogen) atoms. The van der Waals surface area contributed by atoms with E-state index in [1.54, 1.807) is 6.08 Å². The highest BCUT2D eigenvalue weighted by molar-refractivity contribution is 6.53. The second kappa shape index (κ2) is 33.9. The Balaban J connectivity index is 0.000000154. The van der Waals surface area contributed by atoms with E-state index in [1.165, 1.54) is 12.2 Å². The highest BCUT2D eigenvalue weighted by Gasteiger charge is 2.30. The fourth-order valence-corrected chi connectivity index (χ4v) is 13.2. The van der Waals surface area contributed by atoms with E-state index >= 15 is 0 Å². The van der Waals surface area contributed by atoms with Crippen LogP contribution >= 0.6 is 0 Å². The molecular weight excluding hydrogens is 1490 g/mol. The summed E-state index contributed by atoms with van der Waals surface area (Å²) in [6.45, 7) is 41.8. The molecule has 0 radical (unpaired) electrons. The zero-order valence-electron chi connectivity index (χ0n) is 70.5. The molecule has 32 nitrogen and oxygen atoms in total. The molecular formula is C86H102N26O6. The van der Waals surface area contributed by atoms with Crippen LogP contribution < -0.4 is 56.3 Å². The molecule has 0 fully saturated rings. The quantitative estimate of drug-likeness (QED) is 0.0331. The van der Waals surface area contributed by atoms with Crippen molar-refractivity contribution in [3.63, 3.8) is 0 Å². The molecule has 3 aliphatic heterocycles. The van der Waals surface area contributed by atoms with Crippen LogP contribution in [0, 0.1) is 99.3 Å². The number of allylic oxidation sites excluding steroid dienone is 1. The second-order valence-corrected chi connectivity index (χ2v) is 29.6. The lowest BCUT2D eigenvalue weighted by Crippen LogP contribution is -2.29. The number of anilines is 2. The average molecular weight is 1600 g/mol. The van der Waals surface area contributed by atoms with Gasteiger partial charge in [0.05, 0.1) is 112 Å².